The Kier molecular flexibility index (Phi) is 24.6. The molecule has 0 amide bonds. The Labute approximate surface area is 189 Å². The average Bonchev–Trinajstić information content (AvgIpc) is 3.56. The van der Waals surface area contributed by atoms with Gasteiger partial charge in [-0.15, -0.1) is 0 Å². The molecule has 0 aromatic rings. The molecule has 0 aromatic heterocycles. The van der Waals surface area contributed by atoms with Gasteiger partial charge in [-0.25, -0.2) is 0 Å². The van der Waals surface area contributed by atoms with Crippen LogP contribution >= 0.6 is 0 Å². The van der Waals surface area contributed by atoms with E-state index in [1.807, 2.05) is 27.7 Å². The van der Waals surface area contributed by atoms with Gasteiger partial charge in [0.15, 0.2) is 0 Å². The normalized spacial score (nSPS) is 23.9. The molecule has 0 radical (unpaired) electrons. The van der Waals surface area contributed by atoms with Crippen LogP contribution in [0, 0.1) is 35.0 Å². The molecule has 0 aliphatic heterocycles. The van der Waals surface area contributed by atoms with E-state index in [1.165, 1.54) is 64.2 Å². The van der Waals surface area contributed by atoms with Crippen molar-refractivity contribution in [1.29, 1.82) is 0 Å². The molecule has 0 nitrogen and oxygen atoms in total. The maximum absolute atomic E-state index is 2.42. The minimum atomic E-state index is 0.660. The van der Waals surface area contributed by atoms with E-state index >= 15 is 0 Å². The zero-order chi connectivity index (χ0) is 23.5. The molecule has 0 spiro atoms. The summed E-state index contributed by atoms with van der Waals surface area (Å²) in [6.45, 7) is 28.7. The summed E-state index contributed by atoms with van der Waals surface area (Å²) in [7, 11) is 0. The summed E-state index contributed by atoms with van der Waals surface area (Å²) < 4.78 is 0. The maximum Gasteiger partial charge on any atom is -0.0295 e. The fourth-order valence-corrected chi connectivity index (χ4v) is 3.38. The zero-order valence-electron chi connectivity index (χ0n) is 23.5. The first-order chi connectivity index (χ1) is 13.7. The van der Waals surface area contributed by atoms with Crippen LogP contribution in [-0.2, 0) is 0 Å². The summed E-state index contributed by atoms with van der Waals surface area (Å²) in [5, 5.41) is 0. The third kappa shape index (κ3) is 18.5. The molecule has 3 unspecified atom stereocenters. The number of rotatable bonds is 5. The molecule has 0 bridgehead atoms. The first-order valence-electron chi connectivity index (χ1n) is 13.7. The summed E-state index contributed by atoms with van der Waals surface area (Å²) in [5.41, 5.74) is 0.660. The maximum atomic E-state index is 2.42. The Balaban J connectivity index is -0.000000332. The first kappa shape index (κ1) is 33.6. The first-order valence-corrected chi connectivity index (χ1v) is 13.7. The van der Waals surface area contributed by atoms with Crippen molar-refractivity contribution in [2.45, 2.75) is 154 Å². The standard InChI is InChI=1S/C12H24.C6H12.C4H8.C3H8.2C2H6/c1-6-9(2)7-8-11-10(3)12(11,4)5;1-2-6-4-3-5-6;1-4-2-3-4;1-3-2;2*1-2/h9-11H,6-8H2,1-5H3;6H,2-5H2,1H3;4H,2-3H2,1H3;3H2,1-2H3;2*1-2H3. The van der Waals surface area contributed by atoms with Gasteiger partial charge in [0.05, 0.1) is 0 Å². The van der Waals surface area contributed by atoms with Crippen molar-refractivity contribution in [3.05, 3.63) is 0 Å². The van der Waals surface area contributed by atoms with Crippen molar-refractivity contribution in [3.8, 4) is 0 Å². The van der Waals surface area contributed by atoms with Crippen molar-refractivity contribution in [2.24, 2.45) is 35.0 Å². The summed E-state index contributed by atoms with van der Waals surface area (Å²) in [6, 6.07) is 0. The number of hydrogen-bond acceptors (Lipinski definition) is 0. The lowest BCUT2D eigenvalue weighted by Gasteiger charge is -2.22. The Morgan fingerprint density at radius 3 is 1.34 bits per heavy atom. The highest BCUT2D eigenvalue weighted by Gasteiger charge is 2.53. The van der Waals surface area contributed by atoms with Crippen LogP contribution in [-0.4, -0.2) is 0 Å². The zero-order valence-corrected chi connectivity index (χ0v) is 23.5. The van der Waals surface area contributed by atoms with Crippen molar-refractivity contribution < 1.29 is 0 Å². The van der Waals surface area contributed by atoms with Gasteiger partial charge in [0, 0.05) is 0 Å². The summed E-state index contributed by atoms with van der Waals surface area (Å²) in [6.07, 6.45) is 14.4. The minimum Gasteiger partial charge on any atom is -0.0683 e. The van der Waals surface area contributed by atoms with E-state index in [4.69, 9.17) is 0 Å². The van der Waals surface area contributed by atoms with E-state index in [-0.39, 0.29) is 0 Å². The van der Waals surface area contributed by atoms with Crippen LogP contribution in [0.1, 0.15) is 154 Å². The third-order valence-electron chi connectivity index (χ3n) is 6.96. The van der Waals surface area contributed by atoms with E-state index in [9.17, 15) is 0 Å². The van der Waals surface area contributed by atoms with E-state index in [1.54, 1.807) is 0 Å². The highest BCUT2D eigenvalue weighted by atomic mass is 14.6. The predicted octanol–water partition coefficient (Wildman–Crippen LogP) is 11.2. The van der Waals surface area contributed by atoms with Crippen molar-refractivity contribution in [2.75, 3.05) is 0 Å². The van der Waals surface area contributed by atoms with Crippen LogP contribution in [0.25, 0.3) is 0 Å². The Bertz CT molecular complexity index is 292. The van der Waals surface area contributed by atoms with Gasteiger partial charge in [0.2, 0.25) is 0 Å². The topological polar surface area (TPSA) is 0 Å². The SMILES string of the molecule is CC.CC.CC1CC1.CCC.CCC(C)CCC1C(C)C1(C)C.CCC1CCC1. The summed E-state index contributed by atoms with van der Waals surface area (Å²) in [5.74, 6) is 5.13. The van der Waals surface area contributed by atoms with Crippen molar-refractivity contribution in [1.82, 2.24) is 0 Å². The average molecular weight is 413 g/mol. The molecular formula is C29H64. The van der Waals surface area contributed by atoms with Gasteiger partial charge >= 0.3 is 0 Å². The molecule has 3 aliphatic rings. The molecule has 3 saturated carbocycles. The second-order valence-electron chi connectivity index (χ2n) is 9.90. The van der Waals surface area contributed by atoms with Crippen LogP contribution in [0.3, 0.4) is 0 Å². The molecular weight excluding hydrogens is 348 g/mol. The summed E-state index contributed by atoms with van der Waals surface area (Å²) in [4.78, 5) is 0. The van der Waals surface area contributed by atoms with Crippen LogP contribution in [0.2, 0.25) is 0 Å². The molecule has 0 heteroatoms. The second-order valence-corrected chi connectivity index (χ2v) is 9.90. The van der Waals surface area contributed by atoms with E-state index in [2.05, 4.69) is 62.3 Å². The van der Waals surface area contributed by atoms with Crippen LogP contribution in [0.5, 0.6) is 0 Å². The highest BCUT2D eigenvalue weighted by Crippen LogP contribution is 2.60. The van der Waals surface area contributed by atoms with Crippen molar-refractivity contribution in [3.63, 3.8) is 0 Å². The molecule has 180 valence electrons. The molecule has 0 saturated heterocycles. The molecule has 0 heterocycles. The fraction of sp³-hybridized carbons (Fsp3) is 1.00. The molecule has 3 aliphatic carbocycles. The van der Waals surface area contributed by atoms with Gasteiger partial charge in [0.25, 0.3) is 0 Å². The lowest BCUT2D eigenvalue weighted by Crippen LogP contribution is -2.08. The minimum absolute atomic E-state index is 0.660. The van der Waals surface area contributed by atoms with Crippen LogP contribution in [0.4, 0.5) is 0 Å². The second kappa shape index (κ2) is 21.2. The molecule has 3 atom stereocenters. The quantitative estimate of drug-likeness (QED) is 0.421. The van der Waals surface area contributed by atoms with Gasteiger partial charge in [-0.1, -0.05) is 148 Å². The van der Waals surface area contributed by atoms with Crippen LogP contribution < -0.4 is 0 Å². The van der Waals surface area contributed by atoms with E-state index in [0.717, 1.165) is 29.6 Å². The third-order valence-corrected chi connectivity index (χ3v) is 6.96. The fourth-order valence-electron chi connectivity index (χ4n) is 3.38. The molecule has 3 fully saturated rings. The monoisotopic (exact) mass is 413 g/mol. The van der Waals surface area contributed by atoms with Gasteiger partial charge < -0.3 is 0 Å². The van der Waals surface area contributed by atoms with Crippen LogP contribution in [0.15, 0.2) is 0 Å². The lowest BCUT2D eigenvalue weighted by molar-refractivity contribution is 0.307. The largest absolute Gasteiger partial charge is 0.0683 e. The van der Waals surface area contributed by atoms with E-state index in [0.29, 0.717) is 5.41 Å². The van der Waals surface area contributed by atoms with Gasteiger partial charge in [0.1, 0.15) is 0 Å². The Morgan fingerprint density at radius 1 is 0.828 bits per heavy atom. The summed E-state index contributed by atoms with van der Waals surface area (Å²) >= 11 is 0. The number of hydrogen-bond donors (Lipinski definition) is 0. The lowest BCUT2D eigenvalue weighted by atomic mass is 9.84. The smallest absolute Gasteiger partial charge is 0.0295 e. The molecule has 3 rings (SSSR count). The van der Waals surface area contributed by atoms with E-state index < -0.39 is 0 Å². The van der Waals surface area contributed by atoms with Gasteiger partial charge in [-0.2, -0.15) is 0 Å². The predicted molar refractivity (Wildman–Crippen MR) is 140 cm³/mol. The van der Waals surface area contributed by atoms with Crippen molar-refractivity contribution >= 4 is 0 Å². The molecule has 0 aromatic carbocycles. The van der Waals surface area contributed by atoms with Gasteiger partial charge in [-0.3, -0.25) is 0 Å². The molecule has 0 N–H and O–H groups in total. The Morgan fingerprint density at radius 2 is 1.21 bits per heavy atom. The highest BCUT2D eigenvalue weighted by molar-refractivity contribution is 5.01. The Hall–Kier alpha value is 0. The molecule has 29 heavy (non-hydrogen) atoms. The van der Waals surface area contributed by atoms with Gasteiger partial charge in [-0.05, 0) is 41.4 Å².